The van der Waals surface area contributed by atoms with E-state index in [0.29, 0.717) is 25.1 Å². The maximum Gasteiger partial charge on any atom is 0.261 e. The highest BCUT2D eigenvalue weighted by atomic mass is 16.5. The van der Waals surface area contributed by atoms with Crippen LogP contribution in [-0.4, -0.2) is 41.9 Å². The summed E-state index contributed by atoms with van der Waals surface area (Å²) in [4.78, 5) is 27.3. The molecular formula is C23H30N2O3. The highest BCUT2D eigenvalue weighted by molar-refractivity contribution is 5.88. The van der Waals surface area contributed by atoms with Gasteiger partial charge in [0.05, 0.1) is 0 Å². The SMILES string of the molecule is CC[C@@H](C(=O)NC(C)C)N(CCc1ccccc1)C(=O)COc1ccccc1. The number of amides is 2. The minimum Gasteiger partial charge on any atom is -0.484 e. The molecule has 0 bridgehead atoms. The van der Waals surface area contributed by atoms with Crippen LogP contribution in [0.4, 0.5) is 0 Å². The minimum absolute atomic E-state index is 0.0215. The number of para-hydroxylation sites is 1. The van der Waals surface area contributed by atoms with Gasteiger partial charge < -0.3 is 15.0 Å². The van der Waals surface area contributed by atoms with Crippen LogP contribution in [0, 0.1) is 0 Å². The second kappa shape index (κ2) is 11.1. The fourth-order valence-electron chi connectivity index (χ4n) is 3.02. The molecule has 0 unspecified atom stereocenters. The van der Waals surface area contributed by atoms with Gasteiger partial charge in [0.1, 0.15) is 11.8 Å². The van der Waals surface area contributed by atoms with Crippen molar-refractivity contribution >= 4 is 11.8 Å². The lowest BCUT2D eigenvalue weighted by atomic mass is 10.1. The first kappa shape index (κ1) is 21.5. The van der Waals surface area contributed by atoms with Crippen molar-refractivity contribution in [1.82, 2.24) is 10.2 Å². The topological polar surface area (TPSA) is 58.6 Å². The van der Waals surface area contributed by atoms with Gasteiger partial charge in [0.15, 0.2) is 6.61 Å². The largest absolute Gasteiger partial charge is 0.484 e. The van der Waals surface area contributed by atoms with Gasteiger partial charge in [-0.15, -0.1) is 0 Å². The van der Waals surface area contributed by atoms with Gasteiger partial charge in [-0.25, -0.2) is 0 Å². The highest BCUT2D eigenvalue weighted by Gasteiger charge is 2.28. The molecule has 28 heavy (non-hydrogen) atoms. The summed E-state index contributed by atoms with van der Waals surface area (Å²) < 4.78 is 5.63. The van der Waals surface area contributed by atoms with Gasteiger partial charge in [-0.2, -0.15) is 0 Å². The van der Waals surface area contributed by atoms with E-state index in [9.17, 15) is 9.59 Å². The van der Waals surface area contributed by atoms with Crippen LogP contribution in [0.5, 0.6) is 5.75 Å². The van der Waals surface area contributed by atoms with Crippen molar-refractivity contribution in [3.05, 3.63) is 66.2 Å². The number of rotatable bonds is 10. The van der Waals surface area contributed by atoms with Crippen molar-refractivity contribution in [2.45, 2.75) is 45.7 Å². The third-order valence-electron chi connectivity index (χ3n) is 4.41. The van der Waals surface area contributed by atoms with Crippen LogP contribution in [0.3, 0.4) is 0 Å². The van der Waals surface area contributed by atoms with Crippen molar-refractivity contribution in [3.63, 3.8) is 0 Å². The quantitative estimate of drug-likeness (QED) is 0.685. The Morgan fingerprint density at radius 2 is 1.61 bits per heavy atom. The van der Waals surface area contributed by atoms with E-state index in [-0.39, 0.29) is 24.5 Å². The maximum atomic E-state index is 12.9. The molecule has 5 heteroatoms. The summed E-state index contributed by atoms with van der Waals surface area (Å²) in [6.45, 7) is 6.12. The summed E-state index contributed by atoms with van der Waals surface area (Å²) in [5, 5.41) is 2.93. The van der Waals surface area contributed by atoms with E-state index in [1.807, 2.05) is 81.4 Å². The predicted octanol–water partition coefficient (Wildman–Crippen LogP) is 3.44. The molecule has 2 rings (SSSR count). The number of hydrogen-bond acceptors (Lipinski definition) is 3. The normalized spacial score (nSPS) is 11.7. The van der Waals surface area contributed by atoms with E-state index in [1.54, 1.807) is 4.90 Å². The smallest absolute Gasteiger partial charge is 0.261 e. The van der Waals surface area contributed by atoms with Crippen molar-refractivity contribution in [2.75, 3.05) is 13.2 Å². The number of carbonyl (C=O) groups is 2. The van der Waals surface area contributed by atoms with Crippen molar-refractivity contribution in [3.8, 4) is 5.75 Å². The van der Waals surface area contributed by atoms with Gasteiger partial charge in [0, 0.05) is 12.6 Å². The van der Waals surface area contributed by atoms with Crippen LogP contribution in [-0.2, 0) is 16.0 Å². The Hall–Kier alpha value is -2.82. The van der Waals surface area contributed by atoms with Gasteiger partial charge >= 0.3 is 0 Å². The number of ether oxygens (including phenoxy) is 1. The molecule has 0 fully saturated rings. The van der Waals surface area contributed by atoms with Crippen LogP contribution in [0.2, 0.25) is 0 Å². The van der Waals surface area contributed by atoms with Gasteiger partial charge in [0.25, 0.3) is 5.91 Å². The zero-order valence-corrected chi connectivity index (χ0v) is 16.9. The Kier molecular flexibility index (Phi) is 8.53. The second-order valence-electron chi connectivity index (χ2n) is 7.01. The molecule has 1 atom stereocenters. The Bertz CT molecular complexity index is 732. The standard InChI is InChI=1S/C23H30N2O3/c1-4-21(23(27)24-18(2)3)25(16-15-19-11-7-5-8-12-19)22(26)17-28-20-13-9-6-10-14-20/h5-14,18,21H,4,15-17H2,1-3H3,(H,24,27)/t21-/m0/s1. The summed E-state index contributed by atoms with van der Waals surface area (Å²) in [6.07, 6.45) is 1.23. The molecule has 0 radical (unpaired) electrons. The van der Waals surface area contributed by atoms with Crippen LogP contribution in [0.15, 0.2) is 60.7 Å². The molecule has 0 aliphatic heterocycles. The van der Waals surface area contributed by atoms with Gasteiger partial charge in [0.2, 0.25) is 5.91 Å². The fourth-order valence-corrected chi connectivity index (χ4v) is 3.02. The molecule has 2 aromatic rings. The Morgan fingerprint density at radius 3 is 2.18 bits per heavy atom. The summed E-state index contributed by atoms with van der Waals surface area (Å²) in [7, 11) is 0. The monoisotopic (exact) mass is 382 g/mol. The van der Waals surface area contributed by atoms with Gasteiger partial charge in [-0.1, -0.05) is 55.5 Å². The lowest BCUT2D eigenvalue weighted by Gasteiger charge is -2.31. The fraction of sp³-hybridized carbons (Fsp3) is 0.391. The molecule has 0 saturated carbocycles. The first-order chi connectivity index (χ1) is 13.5. The van der Waals surface area contributed by atoms with E-state index < -0.39 is 6.04 Å². The van der Waals surface area contributed by atoms with Gasteiger partial charge in [-0.05, 0) is 44.4 Å². The molecular weight excluding hydrogens is 352 g/mol. The predicted molar refractivity (Wildman–Crippen MR) is 111 cm³/mol. The number of benzene rings is 2. The van der Waals surface area contributed by atoms with E-state index in [1.165, 1.54) is 0 Å². The van der Waals surface area contributed by atoms with Crippen LogP contribution < -0.4 is 10.1 Å². The van der Waals surface area contributed by atoms with Crippen molar-refractivity contribution < 1.29 is 14.3 Å². The molecule has 0 spiro atoms. The molecule has 150 valence electrons. The molecule has 0 heterocycles. The van der Waals surface area contributed by atoms with Crippen LogP contribution >= 0.6 is 0 Å². The van der Waals surface area contributed by atoms with Crippen LogP contribution in [0.1, 0.15) is 32.8 Å². The number of nitrogens with zero attached hydrogens (tertiary/aromatic N) is 1. The summed E-state index contributed by atoms with van der Waals surface area (Å²) >= 11 is 0. The zero-order valence-electron chi connectivity index (χ0n) is 16.9. The number of hydrogen-bond donors (Lipinski definition) is 1. The van der Waals surface area contributed by atoms with E-state index >= 15 is 0 Å². The molecule has 0 aliphatic rings. The Labute approximate surface area is 167 Å². The molecule has 1 N–H and O–H groups in total. The average Bonchev–Trinajstić information content (AvgIpc) is 2.70. The van der Waals surface area contributed by atoms with E-state index in [2.05, 4.69) is 5.32 Å². The molecule has 0 saturated heterocycles. The lowest BCUT2D eigenvalue weighted by Crippen LogP contribution is -2.52. The average molecular weight is 383 g/mol. The lowest BCUT2D eigenvalue weighted by molar-refractivity contribution is -0.142. The molecule has 0 aliphatic carbocycles. The Balaban J connectivity index is 2.10. The van der Waals surface area contributed by atoms with E-state index in [4.69, 9.17) is 4.74 Å². The van der Waals surface area contributed by atoms with Crippen molar-refractivity contribution in [2.24, 2.45) is 0 Å². The van der Waals surface area contributed by atoms with Gasteiger partial charge in [-0.3, -0.25) is 9.59 Å². The third kappa shape index (κ3) is 6.72. The van der Waals surface area contributed by atoms with E-state index in [0.717, 1.165) is 5.56 Å². The number of carbonyl (C=O) groups excluding carboxylic acids is 2. The molecule has 2 amide bonds. The highest BCUT2D eigenvalue weighted by Crippen LogP contribution is 2.12. The van der Waals surface area contributed by atoms with Crippen molar-refractivity contribution in [1.29, 1.82) is 0 Å². The summed E-state index contributed by atoms with van der Waals surface area (Å²) in [6, 6.07) is 18.7. The Morgan fingerprint density at radius 1 is 1.00 bits per heavy atom. The maximum absolute atomic E-state index is 12.9. The third-order valence-corrected chi connectivity index (χ3v) is 4.41. The first-order valence-electron chi connectivity index (χ1n) is 9.82. The first-order valence-corrected chi connectivity index (χ1v) is 9.82. The minimum atomic E-state index is -0.516. The van der Waals surface area contributed by atoms with Crippen LogP contribution in [0.25, 0.3) is 0 Å². The summed E-state index contributed by atoms with van der Waals surface area (Å²) in [5.74, 6) is 0.322. The molecule has 0 aromatic heterocycles. The number of nitrogens with one attached hydrogen (secondary N) is 1. The molecule has 5 nitrogen and oxygen atoms in total. The second-order valence-corrected chi connectivity index (χ2v) is 7.01. The zero-order chi connectivity index (χ0) is 20.4. The molecule has 2 aromatic carbocycles. The summed E-state index contributed by atoms with van der Waals surface area (Å²) in [5.41, 5.74) is 1.13.